The van der Waals surface area contributed by atoms with Crippen molar-refractivity contribution < 1.29 is 18.7 Å². The van der Waals surface area contributed by atoms with Crippen molar-refractivity contribution in [2.75, 3.05) is 26.2 Å². The van der Waals surface area contributed by atoms with Crippen LogP contribution in [0.2, 0.25) is 0 Å². The molecule has 32 heavy (non-hydrogen) atoms. The molecule has 0 bridgehead atoms. The Morgan fingerprint density at radius 1 is 1.03 bits per heavy atom. The molecule has 0 aliphatic carbocycles. The van der Waals surface area contributed by atoms with Crippen molar-refractivity contribution in [2.45, 2.75) is 39.5 Å². The van der Waals surface area contributed by atoms with Gasteiger partial charge in [-0.3, -0.25) is 9.59 Å². The first-order chi connectivity index (χ1) is 15.5. The molecule has 1 aliphatic heterocycles. The minimum Gasteiger partial charge on any atom is -0.465 e. The maximum Gasteiger partial charge on any atom is 0.316 e. The smallest absolute Gasteiger partial charge is 0.316 e. The first-order valence-corrected chi connectivity index (χ1v) is 11.4. The number of benzene rings is 2. The van der Waals surface area contributed by atoms with Crippen molar-refractivity contribution in [2.24, 2.45) is 5.92 Å². The maximum atomic E-state index is 13.1. The van der Waals surface area contributed by atoms with Crippen molar-refractivity contribution in [1.82, 2.24) is 4.90 Å². The molecule has 1 fully saturated rings. The van der Waals surface area contributed by atoms with Gasteiger partial charge in [-0.15, -0.1) is 0 Å². The van der Waals surface area contributed by atoms with Gasteiger partial charge in [-0.25, -0.2) is 4.39 Å². The Bertz CT molecular complexity index is 924. The summed E-state index contributed by atoms with van der Waals surface area (Å²) in [5.74, 6) is -1.36. The lowest BCUT2D eigenvalue weighted by Crippen LogP contribution is -2.32. The second-order valence-corrected chi connectivity index (χ2v) is 8.33. The van der Waals surface area contributed by atoms with Gasteiger partial charge in [0.15, 0.2) is 0 Å². The van der Waals surface area contributed by atoms with E-state index in [4.69, 9.17) is 4.74 Å². The number of halogens is 1. The molecule has 1 unspecified atom stereocenters. The van der Waals surface area contributed by atoms with E-state index in [1.165, 1.54) is 30.2 Å². The number of hydrogen-bond acceptors (Lipinski definition) is 4. The topological polar surface area (TPSA) is 46.6 Å². The molecule has 0 aromatic heterocycles. The average Bonchev–Trinajstić information content (AvgIpc) is 2.79. The number of ketones is 1. The van der Waals surface area contributed by atoms with Crippen LogP contribution in [0.15, 0.2) is 54.1 Å². The number of nitrogens with zero attached hydrogens (tertiary/aromatic N) is 1. The van der Waals surface area contributed by atoms with Crippen molar-refractivity contribution in [3.05, 3.63) is 65.5 Å². The summed E-state index contributed by atoms with van der Waals surface area (Å²) in [6, 6.07) is 14.9. The van der Waals surface area contributed by atoms with Crippen molar-refractivity contribution >= 4 is 17.8 Å². The zero-order chi connectivity index (χ0) is 22.9. The largest absolute Gasteiger partial charge is 0.465 e. The van der Waals surface area contributed by atoms with Gasteiger partial charge in [0.1, 0.15) is 17.5 Å². The highest BCUT2D eigenvalue weighted by Crippen LogP contribution is 2.24. The number of carbonyl (C=O) groups is 2. The normalized spacial score (nSPS) is 15.3. The molecule has 1 saturated heterocycles. The van der Waals surface area contributed by atoms with E-state index in [1.54, 1.807) is 19.1 Å². The molecule has 0 saturated carbocycles. The van der Waals surface area contributed by atoms with Crippen LogP contribution in [-0.2, 0) is 14.3 Å². The van der Waals surface area contributed by atoms with E-state index in [0.29, 0.717) is 13.0 Å². The Morgan fingerprint density at radius 2 is 1.62 bits per heavy atom. The lowest BCUT2D eigenvalue weighted by Gasteiger charge is -2.28. The summed E-state index contributed by atoms with van der Waals surface area (Å²) in [7, 11) is 0. The van der Waals surface area contributed by atoms with Crippen LogP contribution in [0.25, 0.3) is 17.2 Å². The Labute approximate surface area is 190 Å². The van der Waals surface area contributed by atoms with Crippen LogP contribution in [0.3, 0.4) is 0 Å². The molecule has 2 aromatic carbocycles. The minimum atomic E-state index is -0.631. The monoisotopic (exact) mass is 437 g/mol. The fourth-order valence-corrected chi connectivity index (χ4v) is 4.11. The van der Waals surface area contributed by atoms with Gasteiger partial charge in [0.2, 0.25) is 0 Å². The van der Waals surface area contributed by atoms with E-state index >= 15 is 0 Å². The van der Waals surface area contributed by atoms with E-state index in [2.05, 4.69) is 35.2 Å². The molecule has 0 radical (unpaired) electrons. The number of rotatable bonds is 9. The molecule has 4 nitrogen and oxygen atoms in total. The van der Waals surface area contributed by atoms with Gasteiger partial charge in [-0.1, -0.05) is 48.0 Å². The van der Waals surface area contributed by atoms with E-state index in [0.717, 1.165) is 50.0 Å². The van der Waals surface area contributed by atoms with Crippen molar-refractivity contribution in [3.8, 4) is 11.1 Å². The maximum absolute atomic E-state index is 13.1. The summed E-state index contributed by atoms with van der Waals surface area (Å²) in [5.41, 5.74) is 4.70. The van der Waals surface area contributed by atoms with Crippen LogP contribution < -0.4 is 0 Å². The zero-order valence-electron chi connectivity index (χ0n) is 19.0. The predicted molar refractivity (Wildman–Crippen MR) is 126 cm³/mol. The molecule has 3 rings (SSSR count). The lowest BCUT2D eigenvalue weighted by atomic mass is 9.97. The second kappa shape index (κ2) is 11.7. The number of esters is 1. The third-order valence-electron chi connectivity index (χ3n) is 5.99. The lowest BCUT2D eigenvalue weighted by molar-refractivity contribution is -0.151. The van der Waals surface area contributed by atoms with Gasteiger partial charge in [0.25, 0.3) is 0 Å². The Morgan fingerprint density at radius 3 is 2.19 bits per heavy atom. The Balaban J connectivity index is 1.46. The highest BCUT2D eigenvalue weighted by atomic mass is 19.1. The number of piperidine rings is 1. The molecule has 170 valence electrons. The first kappa shape index (κ1) is 23.9. The molecule has 0 N–H and O–H groups in total. The Kier molecular flexibility index (Phi) is 8.74. The molecular formula is C27H32FNO3. The van der Waals surface area contributed by atoms with Crippen LogP contribution in [0.5, 0.6) is 0 Å². The summed E-state index contributed by atoms with van der Waals surface area (Å²) in [4.78, 5) is 26.1. The van der Waals surface area contributed by atoms with E-state index < -0.39 is 11.9 Å². The summed E-state index contributed by atoms with van der Waals surface area (Å²) in [6.07, 6.45) is 5.67. The van der Waals surface area contributed by atoms with Gasteiger partial charge in [0.05, 0.1) is 6.61 Å². The van der Waals surface area contributed by atoms with Gasteiger partial charge in [-0.2, -0.15) is 0 Å². The van der Waals surface area contributed by atoms with Crippen LogP contribution in [-0.4, -0.2) is 42.9 Å². The average molecular weight is 438 g/mol. The number of ether oxygens (including phenoxy) is 1. The third kappa shape index (κ3) is 6.86. The van der Waals surface area contributed by atoms with Gasteiger partial charge in [-0.05, 0) is 74.9 Å². The predicted octanol–water partition coefficient (Wildman–Crippen LogP) is 5.52. The molecule has 2 aromatic rings. The quantitative estimate of drug-likeness (QED) is 0.383. The highest BCUT2D eigenvalue weighted by Gasteiger charge is 2.24. The molecule has 1 aliphatic rings. The number of Topliss-reactive ketones (excluding diaryl/α,β-unsaturated/α-hetero) is 1. The summed E-state index contributed by atoms with van der Waals surface area (Å²) < 4.78 is 18.1. The molecule has 0 spiro atoms. The SMILES string of the molecule is CCOC(=O)C(CCCN1CCC(=Cc2ccc(-c3ccc(F)cc3)cc2)CC1)C(C)=O. The van der Waals surface area contributed by atoms with Crippen LogP contribution in [0.1, 0.15) is 45.1 Å². The molecule has 0 amide bonds. The fraction of sp³-hybridized carbons (Fsp3) is 0.407. The van der Waals surface area contributed by atoms with E-state index in [1.807, 2.05) is 0 Å². The molecule has 1 heterocycles. The first-order valence-electron chi connectivity index (χ1n) is 11.4. The number of hydrogen-bond donors (Lipinski definition) is 0. The second-order valence-electron chi connectivity index (χ2n) is 8.33. The zero-order valence-corrected chi connectivity index (χ0v) is 19.0. The van der Waals surface area contributed by atoms with Crippen LogP contribution in [0, 0.1) is 11.7 Å². The van der Waals surface area contributed by atoms with Crippen molar-refractivity contribution in [1.29, 1.82) is 0 Å². The van der Waals surface area contributed by atoms with Gasteiger partial charge >= 0.3 is 5.97 Å². The standard InChI is InChI=1S/C27H32FNO3/c1-3-32-27(31)26(20(2)30)5-4-16-29-17-14-22(15-18-29)19-21-6-8-23(9-7-21)24-10-12-25(28)13-11-24/h6-13,19,26H,3-5,14-18H2,1-2H3. The van der Waals surface area contributed by atoms with E-state index in [-0.39, 0.29) is 11.6 Å². The third-order valence-corrected chi connectivity index (χ3v) is 5.99. The minimum absolute atomic E-state index is 0.113. The van der Waals surface area contributed by atoms with Gasteiger partial charge < -0.3 is 9.64 Å². The van der Waals surface area contributed by atoms with Crippen molar-refractivity contribution in [3.63, 3.8) is 0 Å². The molecule has 5 heteroatoms. The number of carbonyl (C=O) groups excluding carboxylic acids is 2. The summed E-state index contributed by atoms with van der Waals surface area (Å²) in [5, 5.41) is 0. The summed E-state index contributed by atoms with van der Waals surface area (Å²) in [6.45, 7) is 6.40. The summed E-state index contributed by atoms with van der Waals surface area (Å²) >= 11 is 0. The van der Waals surface area contributed by atoms with Gasteiger partial charge in [0, 0.05) is 13.1 Å². The molecular weight excluding hydrogens is 405 g/mol. The van der Waals surface area contributed by atoms with Crippen LogP contribution >= 0.6 is 0 Å². The van der Waals surface area contributed by atoms with Crippen LogP contribution in [0.4, 0.5) is 4.39 Å². The van der Waals surface area contributed by atoms with E-state index in [9.17, 15) is 14.0 Å². The highest BCUT2D eigenvalue weighted by molar-refractivity contribution is 5.97. The number of likely N-dealkylation sites (tertiary alicyclic amines) is 1. The Hall–Kier alpha value is -2.79. The molecule has 1 atom stereocenters. The fourth-order valence-electron chi connectivity index (χ4n) is 4.11.